The average Bonchev–Trinajstić information content (AvgIpc) is 2.89. The Morgan fingerprint density at radius 1 is 1.23 bits per heavy atom. The summed E-state index contributed by atoms with van der Waals surface area (Å²) in [5.74, 6) is 2.43. The van der Waals surface area contributed by atoms with Crippen molar-refractivity contribution in [3.8, 4) is 0 Å². The lowest BCUT2D eigenvalue weighted by atomic mass is 9.67. The molecule has 3 atom stereocenters. The van der Waals surface area contributed by atoms with Gasteiger partial charge in [-0.15, -0.1) is 24.2 Å². The van der Waals surface area contributed by atoms with E-state index in [4.69, 9.17) is 5.73 Å². The summed E-state index contributed by atoms with van der Waals surface area (Å²) in [6, 6.07) is 0.276. The van der Waals surface area contributed by atoms with Gasteiger partial charge in [-0.2, -0.15) is 0 Å². The fraction of sp³-hybridized carbons (Fsp3) is 0.867. The van der Waals surface area contributed by atoms with Crippen molar-refractivity contribution < 1.29 is 9.59 Å². The average molecular weight is 348 g/mol. The van der Waals surface area contributed by atoms with Crippen LogP contribution in [-0.2, 0) is 9.59 Å². The van der Waals surface area contributed by atoms with Crippen molar-refractivity contribution in [2.45, 2.75) is 57.2 Å². The van der Waals surface area contributed by atoms with E-state index in [9.17, 15) is 9.59 Å². The van der Waals surface area contributed by atoms with Crippen LogP contribution in [-0.4, -0.2) is 46.5 Å². The van der Waals surface area contributed by atoms with E-state index in [0.717, 1.165) is 12.8 Å². The number of nitrogens with two attached hydrogens (primary N) is 1. The quantitative estimate of drug-likeness (QED) is 0.790. The lowest BCUT2D eigenvalue weighted by Crippen LogP contribution is -2.57. The second-order valence-electron chi connectivity index (χ2n) is 6.72. The van der Waals surface area contributed by atoms with E-state index in [0.29, 0.717) is 29.5 Å². The first kappa shape index (κ1) is 17.9. The number of hydrogen-bond acceptors (Lipinski definition) is 4. The van der Waals surface area contributed by atoms with Gasteiger partial charge in [0.05, 0.1) is 5.88 Å². The maximum absolute atomic E-state index is 12.6. The Morgan fingerprint density at radius 3 is 2.45 bits per heavy atom. The van der Waals surface area contributed by atoms with Gasteiger partial charge in [-0.3, -0.25) is 9.59 Å². The SMILES string of the molecule is CC(=O)N1CSCC1C(=O)NC1C2CCCC1CC(N)C2.Cl. The molecule has 0 spiro atoms. The molecule has 7 heteroatoms. The maximum atomic E-state index is 12.6. The minimum atomic E-state index is -0.288. The zero-order valence-electron chi connectivity index (χ0n) is 13.0. The van der Waals surface area contributed by atoms with Gasteiger partial charge in [0.15, 0.2) is 0 Å². The standard InChI is InChI=1S/C15H25N3O2S.ClH/c1-9(19)18-8-21-7-13(18)15(20)17-14-10-3-2-4-11(14)6-12(16)5-10;/h10-14H,2-8,16H2,1H3,(H,17,20);1H. The van der Waals surface area contributed by atoms with Crippen LogP contribution in [0.25, 0.3) is 0 Å². The monoisotopic (exact) mass is 347 g/mol. The van der Waals surface area contributed by atoms with Crippen molar-refractivity contribution in [2.75, 3.05) is 11.6 Å². The number of amides is 2. The summed E-state index contributed by atoms with van der Waals surface area (Å²) in [6.07, 6.45) is 5.65. The van der Waals surface area contributed by atoms with Crippen LogP contribution in [0, 0.1) is 11.8 Å². The van der Waals surface area contributed by atoms with E-state index in [-0.39, 0.29) is 36.3 Å². The molecular weight excluding hydrogens is 322 g/mol. The molecule has 0 aromatic heterocycles. The summed E-state index contributed by atoms with van der Waals surface area (Å²) >= 11 is 1.65. The molecule has 0 radical (unpaired) electrons. The first-order valence-corrected chi connectivity index (χ1v) is 9.12. The third-order valence-corrected chi connectivity index (χ3v) is 6.29. The normalized spacial score (nSPS) is 37.4. The molecule has 5 nitrogen and oxygen atoms in total. The summed E-state index contributed by atoms with van der Waals surface area (Å²) < 4.78 is 0. The fourth-order valence-corrected chi connectivity index (χ4v) is 5.47. The molecule has 2 aliphatic carbocycles. The summed E-state index contributed by atoms with van der Waals surface area (Å²) in [5, 5.41) is 3.27. The first-order chi connectivity index (χ1) is 10.1. The minimum absolute atomic E-state index is 0. The van der Waals surface area contributed by atoms with Crippen LogP contribution in [0.5, 0.6) is 0 Å². The van der Waals surface area contributed by atoms with E-state index < -0.39 is 0 Å². The topological polar surface area (TPSA) is 75.4 Å². The molecule has 22 heavy (non-hydrogen) atoms. The number of nitrogens with zero attached hydrogens (tertiary/aromatic N) is 1. The summed E-state index contributed by atoms with van der Waals surface area (Å²) in [4.78, 5) is 25.9. The summed E-state index contributed by atoms with van der Waals surface area (Å²) in [6.45, 7) is 1.54. The number of hydrogen-bond donors (Lipinski definition) is 2. The van der Waals surface area contributed by atoms with Gasteiger partial charge in [0.2, 0.25) is 11.8 Å². The van der Waals surface area contributed by atoms with E-state index >= 15 is 0 Å². The van der Waals surface area contributed by atoms with Crippen LogP contribution < -0.4 is 11.1 Å². The number of carbonyl (C=O) groups excluding carboxylic acids is 2. The van der Waals surface area contributed by atoms with E-state index in [1.165, 1.54) is 19.3 Å². The lowest BCUT2D eigenvalue weighted by Gasteiger charge is -2.45. The summed E-state index contributed by atoms with van der Waals surface area (Å²) in [7, 11) is 0. The Balaban J connectivity index is 0.00000176. The Labute approximate surface area is 142 Å². The smallest absolute Gasteiger partial charge is 0.243 e. The highest BCUT2D eigenvalue weighted by Crippen LogP contribution is 2.39. The van der Waals surface area contributed by atoms with Gasteiger partial charge in [0, 0.05) is 24.8 Å². The number of fused-ring (bicyclic) bond motifs is 2. The molecule has 3 unspecified atom stereocenters. The second kappa shape index (κ2) is 7.41. The van der Waals surface area contributed by atoms with Gasteiger partial charge >= 0.3 is 0 Å². The third kappa shape index (κ3) is 3.54. The molecule has 3 fully saturated rings. The Kier molecular flexibility index (Phi) is 6.02. The molecule has 0 aromatic rings. The molecule has 1 aliphatic heterocycles. The zero-order chi connectivity index (χ0) is 15.0. The molecule has 3 N–H and O–H groups in total. The molecule has 2 saturated carbocycles. The van der Waals surface area contributed by atoms with E-state index in [2.05, 4.69) is 5.32 Å². The van der Waals surface area contributed by atoms with Crippen LogP contribution in [0.4, 0.5) is 0 Å². The number of thioether (sulfide) groups is 1. The molecule has 3 aliphatic rings. The van der Waals surface area contributed by atoms with Gasteiger partial charge in [-0.25, -0.2) is 0 Å². The molecular formula is C15H26ClN3O2S. The van der Waals surface area contributed by atoms with E-state index in [1.807, 2.05) is 0 Å². The van der Waals surface area contributed by atoms with E-state index in [1.54, 1.807) is 23.6 Å². The van der Waals surface area contributed by atoms with Crippen molar-refractivity contribution >= 4 is 36.0 Å². The zero-order valence-corrected chi connectivity index (χ0v) is 14.6. The van der Waals surface area contributed by atoms with Gasteiger partial charge in [-0.1, -0.05) is 6.42 Å². The number of nitrogens with one attached hydrogen (secondary N) is 1. The highest BCUT2D eigenvalue weighted by Gasteiger charge is 2.42. The predicted molar refractivity (Wildman–Crippen MR) is 90.9 cm³/mol. The van der Waals surface area contributed by atoms with Crippen LogP contribution in [0.3, 0.4) is 0 Å². The largest absolute Gasteiger partial charge is 0.351 e. The van der Waals surface area contributed by atoms with Crippen LogP contribution in [0.2, 0.25) is 0 Å². The second-order valence-corrected chi connectivity index (χ2v) is 7.72. The van der Waals surface area contributed by atoms with Crippen molar-refractivity contribution in [1.82, 2.24) is 10.2 Å². The molecule has 2 amide bonds. The molecule has 2 bridgehead atoms. The maximum Gasteiger partial charge on any atom is 0.243 e. The third-order valence-electron chi connectivity index (χ3n) is 5.27. The Bertz CT molecular complexity index is 423. The highest BCUT2D eigenvalue weighted by atomic mass is 35.5. The van der Waals surface area contributed by atoms with Crippen molar-refractivity contribution in [2.24, 2.45) is 17.6 Å². The fourth-order valence-electron chi connectivity index (χ4n) is 4.26. The molecule has 3 rings (SSSR count). The molecule has 126 valence electrons. The Hall–Kier alpha value is -0.460. The number of rotatable bonds is 2. The number of carbonyl (C=O) groups is 2. The van der Waals surface area contributed by atoms with Crippen LogP contribution in [0.1, 0.15) is 39.0 Å². The molecule has 0 aromatic carbocycles. The van der Waals surface area contributed by atoms with Crippen molar-refractivity contribution in [1.29, 1.82) is 0 Å². The van der Waals surface area contributed by atoms with Crippen molar-refractivity contribution in [3.63, 3.8) is 0 Å². The predicted octanol–water partition coefficient (Wildman–Crippen LogP) is 1.35. The summed E-state index contributed by atoms with van der Waals surface area (Å²) in [5.41, 5.74) is 6.13. The van der Waals surface area contributed by atoms with Gasteiger partial charge in [-0.05, 0) is 37.5 Å². The number of halogens is 1. The lowest BCUT2D eigenvalue weighted by molar-refractivity contribution is -0.137. The highest BCUT2D eigenvalue weighted by molar-refractivity contribution is 7.99. The van der Waals surface area contributed by atoms with Gasteiger partial charge in [0.1, 0.15) is 6.04 Å². The van der Waals surface area contributed by atoms with Gasteiger partial charge < -0.3 is 16.0 Å². The minimum Gasteiger partial charge on any atom is -0.351 e. The van der Waals surface area contributed by atoms with Crippen LogP contribution >= 0.6 is 24.2 Å². The van der Waals surface area contributed by atoms with Crippen LogP contribution in [0.15, 0.2) is 0 Å². The Morgan fingerprint density at radius 2 is 1.86 bits per heavy atom. The first-order valence-electron chi connectivity index (χ1n) is 7.97. The van der Waals surface area contributed by atoms with Crippen molar-refractivity contribution in [3.05, 3.63) is 0 Å². The molecule has 1 heterocycles. The van der Waals surface area contributed by atoms with Gasteiger partial charge in [0.25, 0.3) is 0 Å². The molecule has 1 saturated heterocycles.